The lowest BCUT2D eigenvalue weighted by molar-refractivity contribution is 0.103. The zero-order chi connectivity index (χ0) is 21.1. The number of nitrogens with zero attached hydrogens (tertiary/aromatic N) is 2. The monoisotopic (exact) mass is 452 g/mol. The second-order valence-electron chi connectivity index (χ2n) is 6.36. The third-order valence-electron chi connectivity index (χ3n) is 4.65. The van der Waals surface area contributed by atoms with E-state index in [1.807, 2.05) is 6.07 Å². The molecular weight excluding hydrogens is 436 g/mol. The van der Waals surface area contributed by atoms with Crippen LogP contribution < -0.4 is 10.3 Å². The summed E-state index contributed by atoms with van der Waals surface area (Å²) in [5.41, 5.74) is 0.289. The van der Waals surface area contributed by atoms with Gasteiger partial charge >= 0.3 is 0 Å². The topological polar surface area (TPSA) is 92.3 Å². The van der Waals surface area contributed by atoms with Gasteiger partial charge in [-0.2, -0.15) is 5.26 Å². The molecule has 0 fully saturated rings. The molecule has 7 heteroatoms. The normalized spacial score (nSPS) is 10.4. The highest BCUT2D eigenvalue weighted by atomic mass is 79.9. The summed E-state index contributed by atoms with van der Waals surface area (Å²) in [4.78, 5) is 25.9. The van der Waals surface area contributed by atoms with E-state index < -0.39 is 17.2 Å². The number of carbonyl (C=O) groups is 1. The molecule has 0 bridgehead atoms. The number of benzene rings is 2. The average Bonchev–Trinajstić information content (AvgIpc) is 2.72. The minimum Gasteiger partial charge on any atom is -0.497 e. The van der Waals surface area contributed by atoms with Gasteiger partial charge in [0.1, 0.15) is 17.4 Å². The van der Waals surface area contributed by atoms with Gasteiger partial charge in [0.05, 0.1) is 19.2 Å². The number of hydrogen-bond donors (Lipinski definition) is 1. The number of halogens is 1. The molecule has 29 heavy (non-hydrogen) atoms. The number of aromatic hydroxyl groups is 1. The molecule has 1 N–H and O–H groups in total. The maximum Gasteiger partial charge on any atom is 0.271 e. The van der Waals surface area contributed by atoms with Crippen molar-refractivity contribution in [2.24, 2.45) is 0 Å². The van der Waals surface area contributed by atoms with E-state index in [0.29, 0.717) is 21.3 Å². The van der Waals surface area contributed by atoms with Gasteiger partial charge < -0.3 is 9.84 Å². The Morgan fingerprint density at radius 2 is 1.86 bits per heavy atom. The molecule has 0 unspecified atom stereocenters. The van der Waals surface area contributed by atoms with Crippen molar-refractivity contribution in [1.29, 1.82) is 5.26 Å². The molecule has 0 aliphatic rings. The summed E-state index contributed by atoms with van der Waals surface area (Å²) in [5.74, 6) is -0.299. The van der Waals surface area contributed by atoms with Crippen LogP contribution in [0.25, 0.3) is 0 Å². The number of pyridine rings is 1. The SMILES string of the molecule is COc1ccc(Cn2c(O)c(C(=O)c3ccccc3Br)c(C)c(C#N)c2=O)cc1. The molecule has 0 atom stereocenters. The summed E-state index contributed by atoms with van der Waals surface area (Å²) in [6.07, 6.45) is 0. The van der Waals surface area contributed by atoms with Crippen molar-refractivity contribution < 1.29 is 14.6 Å². The molecule has 3 aromatic rings. The molecule has 2 aromatic carbocycles. The van der Waals surface area contributed by atoms with Crippen LogP contribution in [0.3, 0.4) is 0 Å². The van der Waals surface area contributed by atoms with Crippen LogP contribution in [-0.2, 0) is 6.54 Å². The van der Waals surface area contributed by atoms with Crippen molar-refractivity contribution in [2.75, 3.05) is 7.11 Å². The van der Waals surface area contributed by atoms with Gasteiger partial charge in [0, 0.05) is 10.0 Å². The zero-order valence-corrected chi connectivity index (χ0v) is 17.4. The van der Waals surface area contributed by atoms with E-state index in [9.17, 15) is 20.0 Å². The largest absolute Gasteiger partial charge is 0.497 e. The summed E-state index contributed by atoms with van der Waals surface area (Å²) < 4.78 is 6.71. The summed E-state index contributed by atoms with van der Waals surface area (Å²) in [7, 11) is 1.55. The number of aromatic nitrogens is 1. The van der Waals surface area contributed by atoms with Crippen molar-refractivity contribution in [3.8, 4) is 17.7 Å². The van der Waals surface area contributed by atoms with Gasteiger partial charge in [-0.15, -0.1) is 0 Å². The first-order chi connectivity index (χ1) is 13.9. The molecular formula is C22H17BrN2O4. The molecule has 0 saturated carbocycles. The molecule has 146 valence electrons. The first-order valence-electron chi connectivity index (χ1n) is 8.67. The highest BCUT2D eigenvalue weighted by Crippen LogP contribution is 2.28. The first-order valence-corrected chi connectivity index (χ1v) is 9.47. The van der Waals surface area contributed by atoms with Gasteiger partial charge in [0.25, 0.3) is 5.56 Å². The van der Waals surface area contributed by atoms with E-state index in [-0.39, 0.29) is 23.2 Å². The summed E-state index contributed by atoms with van der Waals surface area (Å²) in [6, 6.07) is 15.6. The van der Waals surface area contributed by atoms with Crippen LogP contribution in [0.15, 0.2) is 57.8 Å². The Hall–Kier alpha value is -3.37. The molecule has 1 heterocycles. The van der Waals surface area contributed by atoms with E-state index in [4.69, 9.17) is 4.74 Å². The van der Waals surface area contributed by atoms with Crippen LogP contribution in [0, 0.1) is 18.3 Å². The van der Waals surface area contributed by atoms with E-state index in [0.717, 1.165) is 4.57 Å². The lowest BCUT2D eigenvalue weighted by Crippen LogP contribution is -2.27. The van der Waals surface area contributed by atoms with Crippen molar-refractivity contribution in [1.82, 2.24) is 4.57 Å². The van der Waals surface area contributed by atoms with E-state index in [2.05, 4.69) is 15.9 Å². The maximum atomic E-state index is 13.1. The van der Waals surface area contributed by atoms with Crippen molar-refractivity contribution in [3.05, 3.63) is 91.2 Å². The molecule has 0 spiro atoms. The number of methoxy groups -OCH3 is 1. The quantitative estimate of drug-likeness (QED) is 0.594. The fraction of sp³-hybridized carbons (Fsp3) is 0.136. The van der Waals surface area contributed by atoms with Crippen LogP contribution >= 0.6 is 15.9 Å². The Kier molecular flexibility index (Phi) is 5.85. The molecule has 0 amide bonds. The van der Waals surface area contributed by atoms with Gasteiger partial charge in [-0.05, 0) is 42.3 Å². The molecule has 0 radical (unpaired) electrons. The Balaban J connectivity index is 2.18. The molecule has 3 rings (SSSR count). The second-order valence-corrected chi connectivity index (χ2v) is 7.21. The van der Waals surface area contributed by atoms with Gasteiger partial charge in [-0.1, -0.05) is 40.2 Å². The highest BCUT2D eigenvalue weighted by molar-refractivity contribution is 9.10. The standard InChI is InChI=1S/C22H17BrN2O4/c1-13-17(11-24)21(27)25(12-14-7-9-15(29-2)10-8-14)22(28)19(13)20(26)16-5-3-4-6-18(16)23/h3-10,28H,12H2,1-2H3. The van der Waals surface area contributed by atoms with Gasteiger partial charge in [-0.3, -0.25) is 14.2 Å². The lowest BCUT2D eigenvalue weighted by Gasteiger charge is -2.16. The average molecular weight is 453 g/mol. The third kappa shape index (κ3) is 3.80. The second kappa shape index (κ2) is 8.33. The number of ether oxygens (including phenoxy) is 1. The summed E-state index contributed by atoms with van der Waals surface area (Å²) in [5, 5.41) is 20.3. The number of carbonyl (C=O) groups excluding carboxylic acids is 1. The van der Waals surface area contributed by atoms with Crippen LogP contribution in [0.5, 0.6) is 11.6 Å². The van der Waals surface area contributed by atoms with E-state index >= 15 is 0 Å². The molecule has 6 nitrogen and oxygen atoms in total. The van der Waals surface area contributed by atoms with E-state index in [1.165, 1.54) is 6.92 Å². The van der Waals surface area contributed by atoms with Crippen molar-refractivity contribution in [3.63, 3.8) is 0 Å². The summed E-state index contributed by atoms with van der Waals surface area (Å²) in [6.45, 7) is 1.49. The Morgan fingerprint density at radius 1 is 1.21 bits per heavy atom. The predicted molar refractivity (Wildman–Crippen MR) is 111 cm³/mol. The van der Waals surface area contributed by atoms with Crippen LogP contribution in [0.1, 0.15) is 32.6 Å². The first kappa shape index (κ1) is 20.4. The van der Waals surface area contributed by atoms with Crippen LogP contribution in [0.4, 0.5) is 0 Å². The van der Waals surface area contributed by atoms with Gasteiger partial charge in [0.15, 0.2) is 5.78 Å². The minimum atomic E-state index is -0.651. The summed E-state index contributed by atoms with van der Waals surface area (Å²) >= 11 is 3.33. The third-order valence-corrected chi connectivity index (χ3v) is 5.34. The molecule has 0 saturated heterocycles. The van der Waals surface area contributed by atoms with Crippen molar-refractivity contribution >= 4 is 21.7 Å². The molecule has 1 aromatic heterocycles. The number of hydrogen-bond acceptors (Lipinski definition) is 5. The number of rotatable bonds is 5. The lowest BCUT2D eigenvalue weighted by atomic mass is 9.97. The maximum absolute atomic E-state index is 13.1. The van der Waals surface area contributed by atoms with Gasteiger partial charge in [0.2, 0.25) is 5.88 Å². The van der Waals surface area contributed by atoms with Crippen molar-refractivity contribution in [2.45, 2.75) is 13.5 Å². The predicted octanol–water partition coefficient (Wildman–Crippen LogP) is 3.78. The Labute approximate surface area is 175 Å². The highest BCUT2D eigenvalue weighted by Gasteiger charge is 2.25. The minimum absolute atomic E-state index is 0.000139. The molecule has 0 aliphatic carbocycles. The van der Waals surface area contributed by atoms with Crippen LogP contribution in [-0.4, -0.2) is 22.6 Å². The number of nitriles is 1. The molecule has 0 aliphatic heterocycles. The zero-order valence-electron chi connectivity index (χ0n) is 15.8. The van der Waals surface area contributed by atoms with E-state index in [1.54, 1.807) is 55.6 Å². The van der Waals surface area contributed by atoms with Crippen LogP contribution in [0.2, 0.25) is 0 Å². The smallest absolute Gasteiger partial charge is 0.271 e. The number of ketones is 1. The fourth-order valence-corrected chi connectivity index (χ4v) is 3.53. The Bertz CT molecular complexity index is 1190. The van der Waals surface area contributed by atoms with Gasteiger partial charge in [-0.25, -0.2) is 0 Å². The Morgan fingerprint density at radius 3 is 2.45 bits per heavy atom. The fourth-order valence-electron chi connectivity index (χ4n) is 3.06.